The molecule has 0 saturated heterocycles. The second-order valence-electron chi connectivity index (χ2n) is 12.4. The van der Waals surface area contributed by atoms with E-state index in [4.69, 9.17) is 4.42 Å². The van der Waals surface area contributed by atoms with Crippen LogP contribution >= 0.6 is 0 Å². The van der Waals surface area contributed by atoms with Crippen molar-refractivity contribution in [2.24, 2.45) is 0 Å². The molecule has 10 aromatic rings. The van der Waals surface area contributed by atoms with Crippen LogP contribution in [0.3, 0.4) is 0 Å². The second kappa shape index (κ2) is 10.2. The minimum absolute atomic E-state index is 0.927. The molecule has 1 nitrogen and oxygen atoms in total. The van der Waals surface area contributed by atoms with Gasteiger partial charge in [0.2, 0.25) is 0 Å². The molecule has 0 aliphatic heterocycles. The van der Waals surface area contributed by atoms with E-state index in [9.17, 15) is 0 Å². The molecule has 0 spiro atoms. The normalized spacial score (nSPS) is 11.8. The number of rotatable bonds is 3. The van der Waals surface area contributed by atoms with Crippen molar-refractivity contribution < 1.29 is 4.42 Å². The van der Waals surface area contributed by atoms with Gasteiger partial charge in [-0.25, -0.2) is 0 Å². The fourth-order valence-corrected chi connectivity index (χ4v) is 7.78. The lowest BCUT2D eigenvalue weighted by Gasteiger charge is -2.19. The fraction of sp³-hybridized carbons (Fsp3) is 0. The van der Waals surface area contributed by atoms with E-state index in [0.717, 1.165) is 27.3 Å². The average Bonchev–Trinajstić information content (AvgIpc) is 3.53. The molecule has 0 fully saturated rings. The van der Waals surface area contributed by atoms with Crippen LogP contribution < -0.4 is 0 Å². The summed E-state index contributed by atoms with van der Waals surface area (Å²) in [4.78, 5) is 0. The van der Waals surface area contributed by atoms with E-state index in [0.29, 0.717) is 0 Å². The van der Waals surface area contributed by atoms with Crippen molar-refractivity contribution in [3.8, 4) is 33.4 Å². The lowest BCUT2D eigenvalue weighted by Crippen LogP contribution is -1.91. The Morgan fingerprint density at radius 1 is 0.277 bits per heavy atom. The third kappa shape index (κ3) is 3.90. The molecule has 47 heavy (non-hydrogen) atoms. The van der Waals surface area contributed by atoms with Crippen molar-refractivity contribution >= 4 is 65.0 Å². The third-order valence-corrected chi connectivity index (χ3v) is 9.88. The molecule has 1 heterocycles. The van der Waals surface area contributed by atoms with Gasteiger partial charge >= 0.3 is 0 Å². The Balaban J connectivity index is 1.17. The molecule has 0 aliphatic rings. The summed E-state index contributed by atoms with van der Waals surface area (Å²) in [5, 5.41) is 12.2. The summed E-state index contributed by atoms with van der Waals surface area (Å²) in [6.07, 6.45) is 0. The predicted molar refractivity (Wildman–Crippen MR) is 200 cm³/mol. The summed E-state index contributed by atoms with van der Waals surface area (Å²) in [7, 11) is 0. The summed E-state index contributed by atoms with van der Waals surface area (Å²) in [5.41, 5.74) is 9.32. The Morgan fingerprint density at radius 2 is 0.766 bits per heavy atom. The van der Waals surface area contributed by atoms with E-state index < -0.39 is 0 Å². The number of benzene rings is 9. The molecule has 0 atom stereocenters. The maximum atomic E-state index is 6.38. The van der Waals surface area contributed by atoms with Crippen molar-refractivity contribution in [2.45, 2.75) is 0 Å². The van der Waals surface area contributed by atoms with Crippen LogP contribution in [0.15, 0.2) is 174 Å². The van der Waals surface area contributed by atoms with Gasteiger partial charge in [0.1, 0.15) is 11.2 Å². The van der Waals surface area contributed by atoms with Crippen molar-refractivity contribution in [1.29, 1.82) is 0 Å². The van der Waals surface area contributed by atoms with E-state index in [2.05, 4.69) is 158 Å². The van der Waals surface area contributed by atoms with Gasteiger partial charge in [-0.2, -0.15) is 0 Å². The topological polar surface area (TPSA) is 13.1 Å². The van der Waals surface area contributed by atoms with Gasteiger partial charge in [-0.05, 0) is 83.2 Å². The fourth-order valence-electron chi connectivity index (χ4n) is 7.78. The minimum atomic E-state index is 0.927. The SMILES string of the molecule is c1ccc2c(-c3c4ccccc4c(-c4ccc(-c5cccc6c5ccc5c7ccccc7oc65)cc4)c4ccccc34)cccc2c1. The first kappa shape index (κ1) is 26.1. The summed E-state index contributed by atoms with van der Waals surface area (Å²) in [6, 6.07) is 61.5. The van der Waals surface area contributed by atoms with Crippen LogP contribution in [0.5, 0.6) is 0 Å². The molecular formula is C46H28O. The van der Waals surface area contributed by atoms with E-state index in [1.54, 1.807) is 0 Å². The Bertz CT molecular complexity index is 2770. The van der Waals surface area contributed by atoms with Crippen molar-refractivity contribution in [3.63, 3.8) is 0 Å². The molecule has 9 aromatic carbocycles. The predicted octanol–water partition coefficient (Wildman–Crippen LogP) is 13.2. The van der Waals surface area contributed by atoms with Crippen LogP contribution in [-0.2, 0) is 0 Å². The Labute approximate surface area is 271 Å². The van der Waals surface area contributed by atoms with Gasteiger partial charge in [0.05, 0.1) is 0 Å². The summed E-state index contributed by atoms with van der Waals surface area (Å²) in [5.74, 6) is 0. The molecule has 0 amide bonds. The molecule has 1 aromatic heterocycles. The molecule has 0 radical (unpaired) electrons. The van der Waals surface area contributed by atoms with Gasteiger partial charge in [0.25, 0.3) is 0 Å². The Morgan fingerprint density at radius 3 is 1.51 bits per heavy atom. The van der Waals surface area contributed by atoms with Crippen LogP contribution in [0.1, 0.15) is 0 Å². The number of hydrogen-bond donors (Lipinski definition) is 0. The smallest absolute Gasteiger partial charge is 0.143 e. The van der Waals surface area contributed by atoms with Gasteiger partial charge in [-0.1, -0.05) is 158 Å². The minimum Gasteiger partial charge on any atom is -0.455 e. The zero-order chi connectivity index (χ0) is 30.9. The third-order valence-electron chi connectivity index (χ3n) is 9.88. The molecule has 218 valence electrons. The van der Waals surface area contributed by atoms with Crippen molar-refractivity contribution in [1.82, 2.24) is 0 Å². The maximum Gasteiger partial charge on any atom is 0.143 e. The van der Waals surface area contributed by atoms with Crippen LogP contribution in [0, 0.1) is 0 Å². The van der Waals surface area contributed by atoms with Crippen LogP contribution in [0.2, 0.25) is 0 Å². The zero-order valence-corrected chi connectivity index (χ0v) is 25.6. The number of fused-ring (bicyclic) bond motifs is 8. The largest absolute Gasteiger partial charge is 0.455 e. The summed E-state index contributed by atoms with van der Waals surface area (Å²) in [6.45, 7) is 0. The molecule has 0 N–H and O–H groups in total. The summed E-state index contributed by atoms with van der Waals surface area (Å²) >= 11 is 0. The summed E-state index contributed by atoms with van der Waals surface area (Å²) < 4.78 is 6.38. The van der Waals surface area contributed by atoms with Gasteiger partial charge in [0.15, 0.2) is 0 Å². The molecule has 0 saturated carbocycles. The highest BCUT2D eigenvalue weighted by atomic mass is 16.3. The van der Waals surface area contributed by atoms with Crippen LogP contribution in [0.25, 0.3) is 98.4 Å². The quantitative estimate of drug-likeness (QED) is 0.185. The first-order valence-electron chi connectivity index (χ1n) is 16.2. The number of hydrogen-bond acceptors (Lipinski definition) is 1. The monoisotopic (exact) mass is 596 g/mol. The van der Waals surface area contributed by atoms with Crippen LogP contribution in [0.4, 0.5) is 0 Å². The number of para-hydroxylation sites is 1. The van der Waals surface area contributed by atoms with E-state index in [1.165, 1.54) is 71.1 Å². The second-order valence-corrected chi connectivity index (χ2v) is 12.4. The molecule has 1 heteroatoms. The molecule has 10 rings (SSSR count). The highest BCUT2D eigenvalue weighted by Crippen LogP contribution is 2.46. The van der Waals surface area contributed by atoms with Gasteiger partial charge in [0, 0.05) is 16.2 Å². The molecule has 0 aliphatic carbocycles. The first-order chi connectivity index (χ1) is 23.3. The molecule has 0 bridgehead atoms. The van der Waals surface area contributed by atoms with Crippen LogP contribution in [-0.4, -0.2) is 0 Å². The van der Waals surface area contributed by atoms with Gasteiger partial charge < -0.3 is 4.42 Å². The first-order valence-corrected chi connectivity index (χ1v) is 16.2. The van der Waals surface area contributed by atoms with Gasteiger partial charge in [-0.3, -0.25) is 0 Å². The molecular weight excluding hydrogens is 569 g/mol. The van der Waals surface area contributed by atoms with E-state index in [-0.39, 0.29) is 0 Å². The van der Waals surface area contributed by atoms with E-state index in [1.807, 2.05) is 12.1 Å². The highest BCUT2D eigenvalue weighted by Gasteiger charge is 2.18. The van der Waals surface area contributed by atoms with E-state index >= 15 is 0 Å². The zero-order valence-electron chi connectivity index (χ0n) is 25.6. The standard InChI is InChI=1S/C46H28O/c1-2-13-33-29(11-1)12-9-20-36(33)45-39-17-5-3-15-37(39)44(38-16-4-6-18-40(38)45)31-25-23-30(24-26-31)32-19-10-21-41-34(32)27-28-42-35-14-7-8-22-43(35)47-46(41)42/h1-28H. The Hall–Kier alpha value is -6.18. The van der Waals surface area contributed by atoms with Crippen molar-refractivity contribution in [2.75, 3.05) is 0 Å². The Kier molecular flexibility index (Phi) is 5.64. The number of furan rings is 1. The van der Waals surface area contributed by atoms with Gasteiger partial charge in [-0.15, -0.1) is 0 Å². The highest BCUT2D eigenvalue weighted by molar-refractivity contribution is 6.23. The molecule has 0 unspecified atom stereocenters. The average molecular weight is 597 g/mol. The lowest BCUT2D eigenvalue weighted by molar-refractivity contribution is 0.672. The van der Waals surface area contributed by atoms with Crippen molar-refractivity contribution in [3.05, 3.63) is 170 Å². The lowest BCUT2D eigenvalue weighted by atomic mass is 9.84. The maximum absolute atomic E-state index is 6.38.